The molecule has 0 saturated carbocycles. The fourth-order valence-electron chi connectivity index (χ4n) is 2.51. The van der Waals surface area contributed by atoms with E-state index in [9.17, 15) is 18.0 Å². The standard InChI is InChI=1S/C18H16F3N3O2/c1-23(2)8-4-7-14(25)16-15(22-17-24(16)9-10-26-17)12-5-3-6-13(11-12)18(19,20)21/h3-7,9-11H,8H2,1-2H3/b7-4+. The van der Waals surface area contributed by atoms with Crippen molar-refractivity contribution in [2.75, 3.05) is 20.6 Å². The summed E-state index contributed by atoms with van der Waals surface area (Å²) in [6.45, 7) is 0.554. The van der Waals surface area contributed by atoms with Crippen LogP contribution in [-0.2, 0) is 6.18 Å². The highest BCUT2D eigenvalue weighted by molar-refractivity contribution is 6.08. The van der Waals surface area contributed by atoms with Crippen LogP contribution in [0.15, 0.2) is 53.3 Å². The first-order valence-corrected chi connectivity index (χ1v) is 7.76. The lowest BCUT2D eigenvalue weighted by atomic mass is 10.0. The third-order valence-corrected chi connectivity index (χ3v) is 3.70. The molecular weight excluding hydrogens is 347 g/mol. The largest absolute Gasteiger partial charge is 0.432 e. The van der Waals surface area contributed by atoms with Gasteiger partial charge in [-0.05, 0) is 32.3 Å². The van der Waals surface area contributed by atoms with Gasteiger partial charge in [0.25, 0.3) is 0 Å². The topological polar surface area (TPSA) is 50.8 Å². The number of benzene rings is 1. The molecule has 5 nitrogen and oxygen atoms in total. The SMILES string of the molecule is CN(C)C/C=C/C(=O)c1c(-c2cccc(C(F)(F)F)c2)nc2occn12. The zero-order valence-electron chi connectivity index (χ0n) is 14.1. The number of alkyl halides is 3. The summed E-state index contributed by atoms with van der Waals surface area (Å²) in [6.07, 6.45) is 1.45. The Hall–Kier alpha value is -2.87. The predicted molar refractivity (Wildman–Crippen MR) is 89.9 cm³/mol. The Morgan fingerprint density at radius 2 is 2.12 bits per heavy atom. The molecule has 3 rings (SSSR count). The molecule has 0 atom stereocenters. The summed E-state index contributed by atoms with van der Waals surface area (Å²) < 4.78 is 45.6. The second kappa shape index (κ2) is 6.80. The van der Waals surface area contributed by atoms with E-state index in [2.05, 4.69) is 4.98 Å². The van der Waals surface area contributed by atoms with E-state index < -0.39 is 11.7 Å². The zero-order valence-corrected chi connectivity index (χ0v) is 14.1. The Labute approximate surface area is 147 Å². The van der Waals surface area contributed by atoms with E-state index in [4.69, 9.17) is 4.42 Å². The number of carbonyl (C=O) groups excluding carboxylic acids is 1. The first-order chi connectivity index (χ1) is 12.3. The van der Waals surface area contributed by atoms with Crippen molar-refractivity contribution in [2.45, 2.75) is 6.18 Å². The minimum Gasteiger partial charge on any atom is -0.432 e. The lowest BCUT2D eigenvalue weighted by Gasteiger charge is -2.08. The van der Waals surface area contributed by atoms with Crippen LogP contribution in [0, 0.1) is 0 Å². The van der Waals surface area contributed by atoms with Crippen molar-refractivity contribution in [3.63, 3.8) is 0 Å². The molecule has 2 heterocycles. The Morgan fingerprint density at radius 1 is 1.35 bits per heavy atom. The molecule has 2 aromatic heterocycles. The molecule has 26 heavy (non-hydrogen) atoms. The minimum absolute atomic E-state index is 0.141. The molecule has 0 unspecified atom stereocenters. The van der Waals surface area contributed by atoms with Crippen molar-refractivity contribution < 1.29 is 22.4 Å². The molecule has 8 heteroatoms. The third kappa shape index (κ3) is 3.55. The first-order valence-electron chi connectivity index (χ1n) is 7.76. The molecule has 0 aliphatic rings. The highest BCUT2D eigenvalue weighted by atomic mass is 19.4. The molecule has 3 aromatic rings. The van der Waals surface area contributed by atoms with E-state index in [0.717, 1.165) is 12.1 Å². The number of nitrogens with zero attached hydrogens (tertiary/aromatic N) is 3. The monoisotopic (exact) mass is 363 g/mol. The average Bonchev–Trinajstić information content (AvgIpc) is 3.14. The van der Waals surface area contributed by atoms with E-state index in [-0.39, 0.29) is 28.6 Å². The van der Waals surface area contributed by atoms with Crippen molar-refractivity contribution in [3.05, 3.63) is 60.1 Å². The molecule has 0 spiro atoms. The van der Waals surface area contributed by atoms with Crippen molar-refractivity contribution in [1.82, 2.24) is 14.3 Å². The fraction of sp³-hybridized carbons (Fsp3) is 0.222. The second-order valence-electron chi connectivity index (χ2n) is 5.97. The maximum absolute atomic E-state index is 13.0. The predicted octanol–water partition coefficient (Wildman–Crippen LogP) is 3.91. The number of fused-ring (bicyclic) bond motifs is 1. The number of carbonyl (C=O) groups is 1. The maximum atomic E-state index is 13.0. The number of ketones is 1. The summed E-state index contributed by atoms with van der Waals surface area (Å²) in [4.78, 5) is 18.7. The van der Waals surface area contributed by atoms with Crippen LogP contribution in [0.4, 0.5) is 13.2 Å². The smallest absolute Gasteiger partial charge is 0.416 e. The van der Waals surface area contributed by atoms with Gasteiger partial charge in [-0.25, -0.2) is 0 Å². The zero-order chi connectivity index (χ0) is 18.9. The van der Waals surface area contributed by atoms with E-state index in [1.54, 1.807) is 6.08 Å². The van der Waals surface area contributed by atoms with Crippen LogP contribution < -0.4 is 0 Å². The number of aromatic nitrogens is 2. The van der Waals surface area contributed by atoms with Crippen LogP contribution in [0.25, 0.3) is 17.1 Å². The molecule has 0 aliphatic heterocycles. The Kier molecular flexibility index (Phi) is 4.69. The maximum Gasteiger partial charge on any atom is 0.416 e. The number of rotatable bonds is 5. The van der Waals surface area contributed by atoms with Crippen LogP contribution in [0.1, 0.15) is 16.1 Å². The van der Waals surface area contributed by atoms with Gasteiger partial charge in [0, 0.05) is 18.3 Å². The number of hydrogen-bond acceptors (Lipinski definition) is 4. The van der Waals surface area contributed by atoms with Gasteiger partial charge in [0.1, 0.15) is 17.7 Å². The number of halogens is 3. The second-order valence-corrected chi connectivity index (χ2v) is 5.97. The van der Waals surface area contributed by atoms with Crippen LogP contribution in [0.5, 0.6) is 0 Å². The number of allylic oxidation sites excluding steroid dienone is 1. The van der Waals surface area contributed by atoms with Gasteiger partial charge >= 0.3 is 12.0 Å². The van der Waals surface area contributed by atoms with Gasteiger partial charge in [0.05, 0.1) is 5.56 Å². The van der Waals surface area contributed by atoms with Crippen molar-refractivity contribution >= 4 is 11.6 Å². The quantitative estimate of drug-likeness (QED) is 0.509. The molecule has 0 fully saturated rings. The van der Waals surface area contributed by atoms with Crippen LogP contribution >= 0.6 is 0 Å². The molecule has 136 valence electrons. The van der Waals surface area contributed by atoms with Gasteiger partial charge in [-0.3, -0.25) is 9.20 Å². The van der Waals surface area contributed by atoms with Crippen molar-refractivity contribution in [3.8, 4) is 11.3 Å². The molecular formula is C18H16F3N3O2. The third-order valence-electron chi connectivity index (χ3n) is 3.70. The number of oxazole rings is 1. The average molecular weight is 363 g/mol. The van der Waals surface area contributed by atoms with E-state index in [0.29, 0.717) is 6.54 Å². The van der Waals surface area contributed by atoms with Crippen LogP contribution in [-0.4, -0.2) is 40.7 Å². The summed E-state index contributed by atoms with van der Waals surface area (Å²) in [7, 11) is 3.71. The molecule has 0 radical (unpaired) electrons. The van der Waals surface area contributed by atoms with Crippen LogP contribution in [0.2, 0.25) is 0 Å². The number of hydrogen-bond donors (Lipinski definition) is 0. The van der Waals surface area contributed by atoms with Gasteiger partial charge in [0.2, 0.25) is 5.78 Å². The molecule has 0 N–H and O–H groups in total. The summed E-state index contributed by atoms with van der Waals surface area (Å²) >= 11 is 0. The van der Waals surface area contributed by atoms with E-state index in [1.807, 2.05) is 19.0 Å². The molecule has 1 aromatic carbocycles. The fourth-order valence-corrected chi connectivity index (χ4v) is 2.51. The molecule has 0 saturated heterocycles. The van der Waals surface area contributed by atoms with Gasteiger partial charge in [-0.15, -0.1) is 0 Å². The summed E-state index contributed by atoms with van der Waals surface area (Å²) in [5, 5.41) is 0. The first kappa shape index (κ1) is 17.9. The minimum atomic E-state index is -4.48. The van der Waals surface area contributed by atoms with E-state index >= 15 is 0 Å². The summed E-state index contributed by atoms with van der Waals surface area (Å²) in [6, 6.07) is 4.72. The highest BCUT2D eigenvalue weighted by Gasteiger charge is 2.31. The van der Waals surface area contributed by atoms with Crippen molar-refractivity contribution in [2.24, 2.45) is 0 Å². The van der Waals surface area contributed by atoms with Gasteiger partial charge < -0.3 is 9.32 Å². The lowest BCUT2D eigenvalue weighted by molar-refractivity contribution is -0.137. The highest BCUT2D eigenvalue weighted by Crippen LogP contribution is 2.33. The van der Waals surface area contributed by atoms with Gasteiger partial charge in [-0.1, -0.05) is 18.2 Å². The Morgan fingerprint density at radius 3 is 2.81 bits per heavy atom. The normalized spacial score (nSPS) is 12.5. The molecule has 0 amide bonds. The number of imidazole rings is 1. The van der Waals surface area contributed by atoms with Gasteiger partial charge in [0.15, 0.2) is 0 Å². The van der Waals surface area contributed by atoms with Crippen molar-refractivity contribution in [1.29, 1.82) is 0 Å². The van der Waals surface area contributed by atoms with Gasteiger partial charge in [-0.2, -0.15) is 18.2 Å². The lowest BCUT2D eigenvalue weighted by Crippen LogP contribution is -2.11. The number of likely N-dealkylation sites (N-methyl/N-ethyl adjacent to an activating group) is 1. The molecule has 0 aliphatic carbocycles. The summed E-state index contributed by atoms with van der Waals surface area (Å²) in [5.74, 6) is -0.227. The molecule has 0 bridgehead atoms. The Balaban J connectivity index is 2.09. The van der Waals surface area contributed by atoms with Crippen LogP contribution in [0.3, 0.4) is 0 Å². The summed E-state index contributed by atoms with van der Waals surface area (Å²) in [5.41, 5.74) is -0.303. The van der Waals surface area contributed by atoms with E-state index in [1.165, 1.54) is 35.1 Å². The Bertz CT molecular complexity index is 968.